The molecule has 1 amide bonds. The fraction of sp³-hybridized carbons (Fsp3) is 0.533. The van der Waals surface area contributed by atoms with Gasteiger partial charge in [-0.25, -0.2) is 0 Å². The van der Waals surface area contributed by atoms with Crippen molar-refractivity contribution in [3.05, 3.63) is 29.3 Å². The molecule has 1 heterocycles. The maximum atomic E-state index is 12.6. The van der Waals surface area contributed by atoms with Gasteiger partial charge in [0, 0.05) is 32.4 Å². The third kappa shape index (κ3) is 3.07. The van der Waals surface area contributed by atoms with Gasteiger partial charge in [0.05, 0.1) is 5.56 Å². The third-order valence-corrected chi connectivity index (χ3v) is 3.83. The number of amides is 1. The van der Waals surface area contributed by atoms with Gasteiger partial charge in [0.15, 0.2) is 0 Å². The summed E-state index contributed by atoms with van der Waals surface area (Å²) in [6.45, 7) is 3.70. The van der Waals surface area contributed by atoms with E-state index in [1.54, 1.807) is 0 Å². The van der Waals surface area contributed by atoms with Crippen molar-refractivity contribution in [2.75, 3.05) is 32.1 Å². The smallest absolute Gasteiger partial charge is 0.255 e. The number of hydrogen-bond acceptors (Lipinski definition) is 3. The van der Waals surface area contributed by atoms with Gasteiger partial charge in [0.1, 0.15) is 0 Å². The first-order valence-corrected chi connectivity index (χ1v) is 6.84. The zero-order chi connectivity index (χ0) is 13.8. The first kappa shape index (κ1) is 13.9. The van der Waals surface area contributed by atoms with Crippen LogP contribution in [0.5, 0.6) is 0 Å². The highest BCUT2D eigenvalue weighted by Gasteiger charge is 2.24. The molecule has 1 saturated heterocycles. The largest absolute Gasteiger partial charge is 0.396 e. The molecule has 0 radical (unpaired) electrons. The van der Waals surface area contributed by atoms with Crippen LogP contribution in [0.15, 0.2) is 18.2 Å². The zero-order valence-electron chi connectivity index (χ0n) is 11.6. The van der Waals surface area contributed by atoms with Crippen molar-refractivity contribution in [1.29, 1.82) is 0 Å². The van der Waals surface area contributed by atoms with Gasteiger partial charge in [-0.15, -0.1) is 0 Å². The molecule has 1 fully saturated rings. The first-order valence-electron chi connectivity index (χ1n) is 6.84. The lowest BCUT2D eigenvalue weighted by atomic mass is 9.97. The lowest BCUT2D eigenvalue weighted by Crippen LogP contribution is -2.39. The molecule has 1 aliphatic heterocycles. The summed E-state index contributed by atoms with van der Waals surface area (Å²) in [6.07, 6.45) is 1.78. The minimum atomic E-state index is 0.0874. The van der Waals surface area contributed by atoms with Crippen LogP contribution < -0.4 is 5.32 Å². The molecule has 0 aliphatic carbocycles. The van der Waals surface area contributed by atoms with Crippen LogP contribution in [-0.2, 0) is 0 Å². The topological polar surface area (TPSA) is 52.6 Å². The summed E-state index contributed by atoms with van der Waals surface area (Å²) in [5.74, 6) is 0.440. The lowest BCUT2D eigenvalue weighted by Gasteiger charge is -2.31. The Morgan fingerprint density at radius 2 is 2.11 bits per heavy atom. The SMILES string of the molecule is CNc1ccc(C)cc1C(=O)N1CCC(CO)CC1. The number of hydrogen-bond donors (Lipinski definition) is 2. The maximum Gasteiger partial charge on any atom is 0.255 e. The number of carbonyl (C=O) groups is 1. The second kappa shape index (κ2) is 6.06. The van der Waals surface area contributed by atoms with E-state index in [4.69, 9.17) is 5.11 Å². The van der Waals surface area contributed by atoms with Crippen LogP contribution in [0.3, 0.4) is 0 Å². The lowest BCUT2D eigenvalue weighted by molar-refractivity contribution is 0.0651. The van der Waals surface area contributed by atoms with Gasteiger partial charge in [-0.1, -0.05) is 11.6 Å². The fourth-order valence-corrected chi connectivity index (χ4v) is 2.54. The molecule has 2 N–H and O–H groups in total. The van der Waals surface area contributed by atoms with Crippen molar-refractivity contribution in [3.63, 3.8) is 0 Å². The molecular formula is C15H22N2O2. The Labute approximate surface area is 114 Å². The van der Waals surface area contributed by atoms with Gasteiger partial charge in [-0.2, -0.15) is 0 Å². The summed E-state index contributed by atoms with van der Waals surface area (Å²) in [5.41, 5.74) is 2.71. The summed E-state index contributed by atoms with van der Waals surface area (Å²) in [6, 6.07) is 5.88. The van der Waals surface area contributed by atoms with E-state index in [2.05, 4.69) is 5.32 Å². The van der Waals surface area contributed by atoms with Gasteiger partial charge in [-0.3, -0.25) is 4.79 Å². The fourth-order valence-electron chi connectivity index (χ4n) is 2.54. The molecule has 0 bridgehead atoms. The van der Waals surface area contributed by atoms with Crippen molar-refractivity contribution in [1.82, 2.24) is 4.90 Å². The molecule has 104 valence electrons. The van der Waals surface area contributed by atoms with Gasteiger partial charge >= 0.3 is 0 Å². The standard InChI is InChI=1S/C15H22N2O2/c1-11-3-4-14(16-2)13(9-11)15(19)17-7-5-12(10-18)6-8-17/h3-4,9,12,16,18H,5-8,10H2,1-2H3. The van der Waals surface area contributed by atoms with Crippen LogP contribution in [0.25, 0.3) is 0 Å². The Morgan fingerprint density at radius 3 is 2.68 bits per heavy atom. The number of likely N-dealkylation sites (tertiary alicyclic amines) is 1. The van der Waals surface area contributed by atoms with Gasteiger partial charge in [-0.05, 0) is 37.8 Å². The monoisotopic (exact) mass is 262 g/mol. The number of rotatable bonds is 3. The Bertz CT molecular complexity index is 451. The normalized spacial score (nSPS) is 16.5. The molecular weight excluding hydrogens is 240 g/mol. The van der Waals surface area contributed by atoms with E-state index in [0.717, 1.165) is 42.7 Å². The number of aliphatic hydroxyl groups is 1. The van der Waals surface area contributed by atoms with E-state index in [1.807, 2.05) is 37.1 Å². The van der Waals surface area contributed by atoms with E-state index in [-0.39, 0.29) is 12.5 Å². The average Bonchev–Trinajstić information content (AvgIpc) is 2.46. The molecule has 0 atom stereocenters. The molecule has 19 heavy (non-hydrogen) atoms. The van der Waals surface area contributed by atoms with Crippen molar-refractivity contribution in [3.8, 4) is 0 Å². The van der Waals surface area contributed by atoms with Crippen molar-refractivity contribution in [2.24, 2.45) is 5.92 Å². The molecule has 2 rings (SSSR count). The molecule has 1 aromatic carbocycles. The summed E-state index contributed by atoms with van der Waals surface area (Å²) < 4.78 is 0. The first-order chi connectivity index (χ1) is 9.15. The minimum Gasteiger partial charge on any atom is -0.396 e. The Kier molecular flexibility index (Phi) is 4.43. The highest BCUT2D eigenvalue weighted by Crippen LogP contribution is 2.23. The molecule has 1 aliphatic rings. The Morgan fingerprint density at radius 1 is 1.42 bits per heavy atom. The minimum absolute atomic E-state index is 0.0874. The molecule has 4 heteroatoms. The second-order valence-corrected chi connectivity index (χ2v) is 5.22. The molecule has 0 spiro atoms. The van der Waals surface area contributed by atoms with E-state index in [0.29, 0.717) is 5.92 Å². The maximum absolute atomic E-state index is 12.6. The quantitative estimate of drug-likeness (QED) is 0.874. The summed E-state index contributed by atoms with van der Waals surface area (Å²) in [4.78, 5) is 14.4. The summed E-state index contributed by atoms with van der Waals surface area (Å²) >= 11 is 0. The van der Waals surface area contributed by atoms with Crippen LogP contribution in [0.2, 0.25) is 0 Å². The van der Waals surface area contributed by atoms with Crippen molar-refractivity contribution >= 4 is 11.6 Å². The van der Waals surface area contributed by atoms with Gasteiger partial charge in [0.2, 0.25) is 0 Å². The van der Waals surface area contributed by atoms with E-state index < -0.39 is 0 Å². The van der Waals surface area contributed by atoms with Crippen LogP contribution >= 0.6 is 0 Å². The zero-order valence-corrected chi connectivity index (χ0v) is 11.6. The predicted molar refractivity (Wildman–Crippen MR) is 76.4 cm³/mol. The molecule has 0 saturated carbocycles. The Hall–Kier alpha value is -1.55. The second-order valence-electron chi connectivity index (χ2n) is 5.22. The average molecular weight is 262 g/mol. The van der Waals surface area contributed by atoms with E-state index in [9.17, 15) is 4.79 Å². The number of nitrogens with one attached hydrogen (secondary N) is 1. The number of aryl methyl sites for hydroxylation is 1. The van der Waals surface area contributed by atoms with Crippen LogP contribution in [0, 0.1) is 12.8 Å². The van der Waals surface area contributed by atoms with Gasteiger partial charge < -0.3 is 15.3 Å². The third-order valence-electron chi connectivity index (χ3n) is 3.83. The summed E-state index contributed by atoms with van der Waals surface area (Å²) in [7, 11) is 1.83. The molecule has 0 aromatic heterocycles. The van der Waals surface area contributed by atoms with E-state index in [1.165, 1.54) is 0 Å². The Balaban J connectivity index is 2.14. The predicted octanol–water partition coefficient (Wildman–Crippen LogP) is 1.88. The van der Waals surface area contributed by atoms with Crippen LogP contribution in [0.4, 0.5) is 5.69 Å². The van der Waals surface area contributed by atoms with Crippen molar-refractivity contribution in [2.45, 2.75) is 19.8 Å². The number of piperidine rings is 1. The highest BCUT2D eigenvalue weighted by molar-refractivity contribution is 5.99. The number of nitrogens with zero attached hydrogens (tertiary/aromatic N) is 1. The van der Waals surface area contributed by atoms with Gasteiger partial charge in [0.25, 0.3) is 5.91 Å². The highest BCUT2D eigenvalue weighted by atomic mass is 16.3. The van der Waals surface area contributed by atoms with Crippen LogP contribution in [0.1, 0.15) is 28.8 Å². The van der Waals surface area contributed by atoms with E-state index >= 15 is 0 Å². The number of aliphatic hydroxyl groups excluding tert-OH is 1. The van der Waals surface area contributed by atoms with Crippen LogP contribution in [-0.4, -0.2) is 42.7 Å². The number of carbonyl (C=O) groups excluding carboxylic acids is 1. The number of anilines is 1. The molecule has 4 nitrogen and oxygen atoms in total. The molecule has 0 unspecified atom stereocenters. The van der Waals surface area contributed by atoms with Crippen molar-refractivity contribution < 1.29 is 9.90 Å². The number of benzene rings is 1. The summed E-state index contributed by atoms with van der Waals surface area (Å²) in [5, 5.41) is 12.2. The molecule has 1 aromatic rings.